The van der Waals surface area contributed by atoms with E-state index >= 15 is 0 Å². The second-order valence-electron chi connectivity index (χ2n) is 5.56. The lowest BCUT2D eigenvalue weighted by atomic mass is 10.1. The van der Waals surface area contributed by atoms with Gasteiger partial charge in [-0.25, -0.2) is 18.4 Å². The summed E-state index contributed by atoms with van der Waals surface area (Å²) in [6.07, 6.45) is 0.255. The first-order chi connectivity index (χ1) is 13.2. The van der Waals surface area contributed by atoms with Crippen molar-refractivity contribution in [3.05, 3.63) is 53.6 Å². The molecule has 0 saturated carbocycles. The fourth-order valence-corrected chi connectivity index (χ4v) is 2.77. The topological polar surface area (TPSA) is 149 Å². The first-order valence-electron chi connectivity index (χ1n) is 7.88. The lowest BCUT2D eigenvalue weighted by Crippen LogP contribution is -2.21. The summed E-state index contributed by atoms with van der Waals surface area (Å²) in [6.45, 7) is -0.596. The van der Waals surface area contributed by atoms with Gasteiger partial charge in [0.05, 0.1) is 24.5 Å². The SMILES string of the molecule is COc1ccc(S(N)(=O)=O)cc1C(=O)OCC(=O)Nc1ccc(CC#N)cc1. The monoisotopic (exact) mass is 403 g/mol. The number of carbonyl (C=O) groups excluding carboxylic acids is 2. The molecule has 0 aliphatic rings. The van der Waals surface area contributed by atoms with Gasteiger partial charge in [-0.3, -0.25) is 4.79 Å². The maximum atomic E-state index is 12.2. The number of ether oxygens (including phenoxy) is 2. The Bertz CT molecular complexity index is 1030. The van der Waals surface area contributed by atoms with Gasteiger partial charge in [0.1, 0.15) is 11.3 Å². The average Bonchev–Trinajstić information content (AvgIpc) is 2.66. The van der Waals surface area contributed by atoms with E-state index in [0.717, 1.165) is 11.6 Å². The third-order valence-electron chi connectivity index (χ3n) is 3.57. The maximum absolute atomic E-state index is 12.2. The molecule has 28 heavy (non-hydrogen) atoms. The van der Waals surface area contributed by atoms with Crippen LogP contribution in [0, 0.1) is 11.3 Å². The standard InChI is InChI=1S/C18H17N3O6S/c1-26-16-7-6-14(28(20,24)25)10-15(16)18(23)27-11-17(22)21-13-4-2-12(3-5-13)8-9-19/h2-7,10H,8,11H2,1H3,(H,21,22)(H2,20,24,25). The van der Waals surface area contributed by atoms with E-state index in [1.54, 1.807) is 24.3 Å². The molecule has 9 nitrogen and oxygen atoms in total. The molecule has 0 saturated heterocycles. The number of methoxy groups -OCH3 is 1. The predicted molar refractivity (Wildman–Crippen MR) is 99.0 cm³/mol. The zero-order chi connectivity index (χ0) is 20.7. The third-order valence-corrected chi connectivity index (χ3v) is 4.49. The first-order valence-corrected chi connectivity index (χ1v) is 9.43. The number of primary sulfonamides is 1. The highest BCUT2D eigenvalue weighted by Gasteiger charge is 2.19. The predicted octanol–water partition coefficient (Wildman–Crippen LogP) is 1.20. The Balaban J connectivity index is 2.03. The molecule has 0 unspecified atom stereocenters. The highest BCUT2D eigenvalue weighted by Crippen LogP contribution is 2.22. The number of hydrogen-bond donors (Lipinski definition) is 2. The summed E-state index contributed by atoms with van der Waals surface area (Å²) in [4.78, 5) is 23.9. The number of hydrogen-bond acceptors (Lipinski definition) is 7. The smallest absolute Gasteiger partial charge is 0.342 e. The number of nitrogens with zero attached hydrogens (tertiary/aromatic N) is 1. The molecule has 146 valence electrons. The van der Waals surface area contributed by atoms with E-state index < -0.39 is 28.5 Å². The van der Waals surface area contributed by atoms with Gasteiger partial charge >= 0.3 is 5.97 Å². The van der Waals surface area contributed by atoms with Gasteiger partial charge in [0.2, 0.25) is 10.0 Å². The molecular weight excluding hydrogens is 386 g/mol. The summed E-state index contributed by atoms with van der Waals surface area (Å²) < 4.78 is 32.8. The zero-order valence-electron chi connectivity index (χ0n) is 14.8. The molecule has 10 heteroatoms. The van der Waals surface area contributed by atoms with E-state index in [0.29, 0.717) is 5.69 Å². The molecule has 2 rings (SSSR count). The van der Waals surface area contributed by atoms with Crippen molar-refractivity contribution in [2.75, 3.05) is 19.0 Å². The van der Waals surface area contributed by atoms with Gasteiger partial charge in [0.25, 0.3) is 5.91 Å². The van der Waals surface area contributed by atoms with Gasteiger partial charge in [0, 0.05) is 5.69 Å². The van der Waals surface area contributed by atoms with Crippen LogP contribution in [0.4, 0.5) is 5.69 Å². The van der Waals surface area contributed by atoms with E-state index in [2.05, 4.69) is 5.32 Å². The van der Waals surface area contributed by atoms with Gasteiger partial charge in [-0.05, 0) is 35.9 Å². The third kappa shape index (κ3) is 5.54. The highest BCUT2D eigenvalue weighted by molar-refractivity contribution is 7.89. The summed E-state index contributed by atoms with van der Waals surface area (Å²) in [5.74, 6) is -1.46. The molecule has 0 radical (unpaired) electrons. The Morgan fingerprint density at radius 1 is 1.18 bits per heavy atom. The van der Waals surface area contributed by atoms with Crippen molar-refractivity contribution in [2.24, 2.45) is 5.14 Å². The van der Waals surface area contributed by atoms with E-state index in [4.69, 9.17) is 19.9 Å². The van der Waals surface area contributed by atoms with E-state index in [-0.39, 0.29) is 22.6 Å². The molecule has 2 aromatic rings. The van der Waals surface area contributed by atoms with Crippen molar-refractivity contribution in [2.45, 2.75) is 11.3 Å². The Kier molecular flexibility index (Phi) is 6.70. The minimum absolute atomic E-state index is 0.0749. The molecule has 0 bridgehead atoms. The van der Waals surface area contributed by atoms with Gasteiger partial charge in [-0.1, -0.05) is 12.1 Å². The molecule has 2 aromatic carbocycles. The average molecular weight is 403 g/mol. The fraction of sp³-hybridized carbons (Fsp3) is 0.167. The van der Waals surface area contributed by atoms with Crippen LogP contribution in [0.1, 0.15) is 15.9 Å². The highest BCUT2D eigenvalue weighted by atomic mass is 32.2. The largest absolute Gasteiger partial charge is 0.496 e. The van der Waals surface area contributed by atoms with Crippen molar-refractivity contribution >= 4 is 27.6 Å². The second kappa shape index (κ2) is 8.98. The minimum atomic E-state index is -4.03. The number of esters is 1. The molecule has 1 amide bonds. The van der Waals surface area contributed by atoms with Crippen molar-refractivity contribution < 1.29 is 27.5 Å². The van der Waals surface area contributed by atoms with Crippen molar-refractivity contribution in [3.8, 4) is 11.8 Å². The number of sulfonamides is 1. The van der Waals surface area contributed by atoms with E-state index in [1.807, 2.05) is 6.07 Å². The van der Waals surface area contributed by atoms with Gasteiger partial charge in [-0.2, -0.15) is 5.26 Å². The van der Waals surface area contributed by atoms with Crippen LogP contribution < -0.4 is 15.2 Å². The van der Waals surface area contributed by atoms with E-state index in [9.17, 15) is 18.0 Å². The summed E-state index contributed by atoms with van der Waals surface area (Å²) in [7, 11) is -2.73. The number of carbonyl (C=O) groups is 2. The molecule has 0 heterocycles. The van der Waals surface area contributed by atoms with E-state index in [1.165, 1.54) is 19.2 Å². The summed E-state index contributed by atoms with van der Waals surface area (Å²) in [6, 6.07) is 12.1. The molecule has 0 fully saturated rings. The lowest BCUT2D eigenvalue weighted by Gasteiger charge is -2.10. The summed E-state index contributed by atoms with van der Waals surface area (Å²) in [5.41, 5.74) is 1.09. The van der Waals surface area contributed by atoms with Crippen LogP contribution >= 0.6 is 0 Å². The van der Waals surface area contributed by atoms with Gasteiger partial charge in [0.15, 0.2) is 6.61 Å². The fourth-order valence-electron chi connectivity index (χ4n) is 2.23. The quantitative estimate of drug-likeness (QED) is 0.660. The van der Waals surface area contributed by atoms with Crippen LogP contribution in [-0.2, 0) is 26.0 Å². The van der Waals surface area contributed by atoms with Crippen molar-refractivity contribution in [3.63, 3.8) is 0 Å². The van der Waals surface area contributed by atoms with Crippen LogP contribution in [0.3, 0.4) is 0 Å². The normalized spacial score (nSPS) is 10.6. The van der Waals surface area contributed by atoms with Crippen molar-refractivity contribution in [1.29, 1.82) is 5.26 Å². The molecule has 0 aliphatic heterocycles. The summed E-state index contributed by atoms with van der Waals surface area (Å²) >= 11 is 0. The van der Waals surface area contributed by atoms with Crippen LogP contribution in [0.5, 0.6) is 5.75 Å². The zero-order valence-corrected chi connectivity index (χ0v) is 15.7. The molecule has 3 N–H and O–H groups in total. The Morgan fingerprint density at radius 2 is 1.86 bits per heavy atom. The maximum Gasteiger partial charge on any atom is 0.342 e. The van der Waals surface area contributed by atoms with Crippen LogP contribution in [0.15, 0.2) is 47.4 Å². The number of rotatable bonds is 7. The van der Waals surface area contributed by atoms with Crippen LogP contribution in [0.2, 0.25) is 0 Å². The number of nitrogens with two attached hydrogens (primary N) is 1. The number of anilines is 1. The minimum Gasteiger partial charge on any atom is -0.496 e. The second-order valence-corrected chi connectivity index (χ2v) is 7.12. The number of amides is 1. The Labute approximate surface area is 161 Å². The molecule has 0 aliphatic carbocycles. The Morgan fingerprint density at radius 3 is 2.43 bits per heavy atom. The molecule has 0 atom stereocenters. The van der Waals surface area contributed by atoms with Crippen molar-refractivity contribution in [1.82, 2.24) is 0 Å². The van der Waals surface area contributed by atoms with Crippen LogP contribution in [-0.4, -0.2) is 34.0 Å². The van der Waals surface area contributed by atoms with Crippen LogP contribution in [0.25, 0.3) is 0 Å². The molecule has 0 spiro atoms. The van der Waals surface area contributed by atoms with Gasteiger partial charge < -0.3 is 14.8 Å². The number of nitriles is 1. The lowest BCUT2D eigenvalue weighted by molar-refractivity contribution is -0.119. The number of nitrogens with one attached hydrogen (secondary N) is 1. The number of benzene rings is 2. The first kappa shape index (κ1) is 20.9. The summed E-state index contributed by atoms with van der Waals surface area (Å²) in [5, 5.41) is 16.2. The van der Waals surface area contributed by atoms with Gasteiger partial charge in [-0.15, -0.1) is 0 Å². The molecular formula is C18H17N3O6S. The Hall–Kier alpha value is -3.42. The molecule has 0 aromatic heterocycles.